The standard InChI is InChI=1S/C11H21NO5/c1-8(2)7-17-10(14)5-9(13)12-6-11(15-3)16-4/h6,8-9,11,13H,5,7H2,1-4H3/t9-/m1/s1. The van der Waals surface area contributed by atoms with E-state index in [1.165, 1.54) is 20.4 Å². The Morgan fingerprint density at radius 1 is 1.35 bits per heavy atom. The van der Waals surface area contributed by atoms with Crippen molar-refractivity contribution in [3.8, 4) is 0 Å². The first-order chi connectivity index (χ1) is 7.99. The van der Waals surface area contributed by atoms with E-state index in [1.807, 2.05) is 13.8 Å². The molecule has 6 heteroatoms. The molecule has 1 atom stereocenters. The summed E-state index contributed by atoms with van der Waals surface area (Å²) >= 11 is 0. The average Bonchev–Trinajstić information content (AvgIpc) is 2.27. The van der Waals surface area contributed by atoms with Gasteiger partial charge in [0, 0.05) is 14.2 Å². The second-order valence-corrected chi connectivity index (χ2v) is 3.90. The lowest BCUT2D eigenvalue weighted by Crippen LogP contribution is -2.19. The Morgan fingerprint density at radius 2 is 1.94 bits per heavy atom. The van der Waals surface area contributed by atoms with Crippen molar-refractivity contribution in [3.05, 3.63) is 0 Å². The second kappa shape index (κ2) is 9.09. The molecule has 100 valence electrons. The van der Waals surface area contributed by atoms with Gasteiger partial charge in [0.1, 0.15) is 0 Å². The summed E-state index contributed by atoms with van der Waals surface area (Å²) in [7, 11) is 2.90. The van der Waals surface area contributed by atoms with Crippen LogP contribution < -0.4 is 0 Å². The Bertz CT molecular complexity index is 238. The van der Waals surface area contributed by atoms with Crippen LogP contribution in [0.3, 0.4) is 0 Å². The minimum Gasteiger partial charge on any atom is -0.465 e. The van der Waals surface area contributed by atoms with Gasteiger partial charge in [0.05, 0.1) is 19.2 Å². The maximum Gasteiger partial charge on any atom is 0.310 e. The average molecular weight is 247 g/mol. The van der Waals surface area contributed by atoms with E-state index in [1.54, 1.807) is 0 Å². The zero-order valence-electron chi connectivity index (χ0n) is 10.8. The number of methoxy groups -OCH3 is 2. The summed E-state index contributed by atoms with van der Waals surface area (Å²) in [5, 5.41) is 9.41. The second-order valence-electron chi connectivity index (χ2n) is 3.90. The summed E-state index contributed by atoms with van der Waals surface area (Å²) in [4.78, 5) is 14.9. The molecule has 0 rings (SSSR count). The zero-order valence-corrected chi connectivity index (χ0v) is 10.8. The molecule has 1 N–H and O–H groups in total. The van der Waals surface area contributed by atoms with Crippen molar-refractivity contribution >= 4 is 12.2 Å². The van der Waals surface area contributed by atoms with E-state index in [0.717, 1.165) is 0 Å². The summed E-state index contributed by atoms with van der Waals surface area (Å²) in [6.45, 7) is 4.21. The van der Waals surface area contributed by atoms with Gasteiger partial charge in [0.2, 0.25) is 0 Å². The Morgan fingerprint density at radius 3 is 2.41 bits per heavy atom. The van der Waals surface area contributed by atoms with Crippen LogP contribution in [0.25, 0.3) is 0 Å². The smallest absolute Gasteiger partial charge is 0.310 e. The Balaban J connectivity index is 3.91. The number of esters is 1. The third kappa shape index (κ3) is 8.79. The van der Waals surface area contributed by atoms with E-state index >= 15 is 0 Å². The summed E-state index contributed by atoms with van der Waals surface area (Å²) in [5.74, 6) is -0.208. The van der Waals surface area contributed by atoms with E-state index in [4.69, 9.17) is 14.2 Å². The molecule has 0 saturated carbocycles. The van der Waals surface area contributed by atoms with Crippen molar-refractivity contribution < 1.29 is 24.1 Å². The van der Waals surface area contributed by atoms with Crippen molar-refractivity contribution in [2.24, 2.45) is 10.9 Å². The molecular weight excluding hydrogens is 226 g/mol. The van der Waals surface area contributed by atoms with Crippen LogP contribution >= 0.6 is 0 Å². The molecule has 0 radical (unpaired) electrons. The Kier molecular flexibility index (Phi) is 8.57. The highest BCUT2D eigenvalue weighted by Crippen LogP contribution is 2.00. The molecule has 0 aliphatic carbocycles. The topological polar surface area (TPSA) is 77.4 Å². The van der Waals surface area contributed by atoms with Crippen molar-refractivity contribution in [2.45, 2.75) is 32.8 Å². The van der Waals surface area contributed by atoms with Crippen LogP contribution in [0.5, 0.6) is 0 Å². The van der Waals surface area contributed by atoms with Crippen LogP contribution in [0.15, 0.2) is 4.99 Å². The molecular formula is C11H21NO5. The fraction of sp³-hybridized carbons (Fsp3) is 0.818. The first kappa shape index (κ1) is 16.0. The van der Waals surface area contributed by atoms with Gasteiger partial charge in [0.25, 0.3) is 0 Å². The minimum atomic E-state index is -1.14. The van der Waals surface area contributed by atoms with Gasteiger partial charge in [0.15, 0.2) is 12.5 Å². The lowest BCUT2D eigenvalue weighted by Gasteiger charge is -2.10. The number of rotatable bonds is 8. The van der Waals surface area contributed by atoms with Gasteiger partial charge in [-0.25, -0.2) is 0 Å². The zero-order chi connectivity index (χ0) is 13.3. The normalized spacial score (nSPS) is 13.6. The Labute approximate surface area is 102 Å². The molecule has 0 heterocycles. The van der Waals surface area contributed by atoms with E-state index in [0.29, 0.717) is 6.61 Å². The molecule has 0 bridgehead atoms. The summed E-state index contributed by atoms with van der Waals surface area (Å²) in [6.07, 6.45) is -0.650. The number of hydrogen-bond acceptors (Lipinski definition) is 6. The molecule has 0 amide bonds. The van der Waals surface area contributed by atoms with Crippen LogP contribution in [-0.4, -0.2) is 50.6 Å². The molecule has 6 nitrogen and oxygen atoms in total. The van der Waals surface area contributed by atoms with Crippen LogP contribution in [-0.2, 0) is 19.0 Å². The van der Waals surface area contributed by atoms with Gasteiger partial charge < -0.3 is 19.3 Å². The molecule has 0 spiro atoms. The summed E-state index contributed by atoms with van der Waals surface area (Å²) in [6, 6.07) is 0. The highest BCUT2D eigenvalue weighted by molar-refractivity contribution is 5.70. The predicted octanol–water partition coefficient (Wildman–Crippen LogP) is 0.584. The number of carbonyl (C=O) groups excluding carboxylic acids is 1. The van der Waals surface area contributed by atoms with Crippen molar-refractivity contribution in [1.82, 2.24) is 0 Å². The molecule has 0 aromatic heterocycles. The van der Waals surface area contributed by atoms with E-state index < -0.39 is 18.5 Å². The molecule has 17 heavy (non-hydrogen) atoms. The molecule has 0 saturated heterocycles. The SMILES string of the molecule is COC(C=N[C@H](O)CC(=O)OCC(C)C)OC. The van der Waals surface area contributed by atoms with Crippen LogP contribution in [0.4, 0.5) is 0 Å². The van der Waals surface area contributed by atoms with E-state index in [2.05, 4.69) is 4.99 Å². The van der Waals surface area contributed by atoms with Crippen molar-refractivity contribution in [2.75, 3.05) is 20.8 Å². The summed E-state index contributed by atoms with van der Waals surface area (Å²) in [5.41, 5.74) is 0. The van der Waals surface area contributed by atoms with E-state index in [9.17, 15) is 9.90 Å². The van der Waals surface area contributed by atoms with Crippen LogP contribution in [0, 0.1) is 5.92 Å². The molecule has 0 fully saturated rings. The lowest BCUT2D eigenvalue weighted by atomic mass is 10.2. The largest absolute Gasteiger partial charge is 0.465 e. The number of hydrogen-bond donors (Lipinski definition) is 1. The highest BCUT2D eigenvalue weighted by atomic mass is 16.7. The Hall–Kier alpha value is -0.980. The molecule has 0 unspecified atom stereocenters. The van der Waals surface area contributed by atoms with Crippen molar-refractivity contribution in [3.63, 3.8) is 0 Å². The maximum absolute atomic E-state index is 11.2. The van der Waals surface area contributed by atoms with Gasteiger partial charge in [-0.3, -0.25) is 9.79 Å². The number of aliphatic hydroxyl groups is 1. The van der Waals surface area contributed by atoms with Crippen LogP contribution in [0.1, 0.15) is 20.3 Å². The number of nitrogens with zero attached hydrogens (tertiary/aromatic N) is 1. The maximum atomic E-state index is 11.2. The number of carbonyl (C=O) groups is 1. The third-order valence-corrected chi connectivity index (χ3v) is 1.77. The molecule has 0 aliphatic rings. The quantitative estimate of drug-likeness (QED) is 0.386. The monoisotopic (exact) mass is 247 g/mol. The predicted molar refractivity (Wildman–Crippen MR) is 62.7 cm³/mol. The van der Waals surface area contributed by atoms with Gasteiger partial charge in [-0.05, 0) is 5.92 Å². The van der Waals surface area contributed by atoms with E-state index in [-0.39, 0.29) is 12.3 Å². The fourth-order valence-electron chi connectivity index (χ4n) is 0.908. The molecule has 0 aromatic carbocycles. The van der Waals surface area contributed by atoms with Crippen LogP contribution in [0.2, 0.25) is 0 Å². The van der Waals surface area contributed by atoms with Gasteiger partial charge in [-0.15, -0.1) is 0 Å². The van der Waals surface area contributed by atoms with Crippen molar-refractivity contribution in [1.29, 1.82) is 0 Å². The fourth-order valence-corrected chi connectivity index (χ4v) is 0.908. The summed E-state index contributed by atoms with van der Waals surface area (Å²) < 4.78 is 14.6. The van der Waals surface area contributed by atoms with Gasteiger partial charge >= 0.3 is 5.97 Å². The highest BCUT2D eigenvalue weighted by Gasteiger charge is 2.11. The number of aliphatic hydroxyl groups excluding tert-OH is 1. The third-order valence-electron chi connectivity index (χ3n) is 1.77. The van der Waals surface area contributed by atoms with Gasteiger partial charge in [-0.1, -0.05) is 13.8 Å². The first-order valence-electron chi connectivity index (χ1n) is 5.42. The minimum absolute atomic E-state index is 0.177. The van der Waals surface area contributed by atoms with Gasteiger partial charge in [-0.2, -0.15) is 0 Å². The first-order valence-corrected chi connectivity index (χ1v) is 5.42. The number of aliphatic imine (C=N–C) groups is 1. The molecule has 0 aliphatic heterocycles. The molecule has 0 aromatic rings. The lowest BCUT2D eigenvalue weighted by molar-refractivity contribution is -0.146. The number of ether oxygens (including phenoxy) is 3.